The molecule has 0 bridgehead atoms. The van der Waals surface area contributed by atoms with Gasteiger partial charge in [0, 0.05) is 0 Å². The van der Waals surface area contributed by atoms with Crippen LogP contribution in [0.5, 0.6) is 0 Å². The van der Waals surface area contributed by atoms with E-state index < -0.39 is 0 Å². The second kappa shape index (κ2) is 6.43. The van der Waals surface area contributed by atoms with E-state index in [0.717, 1.165) is 25.9 Å². The van der Waals surface area contributed by atoms with Crippen LogP contribution in [0.1, 0.15) is 33.1 Å². The van der Waals surface area contributed by atoms with Crippen molar-refractivity contribution in [1.82, 2.24) is 0 Å². The van der Waals surface area contributed by atoms with Crippen LogP contribution in [0.25, 0.3) is 0 Å². The SMILES string of the molecule is CCCOC1(SC2=[C]([Ti])CC=C2)CC=CC=C1C. The minimum atomic E-state index is -0.184. The van der Waals surface area contributed by atoms with E-state index in [0.29, 0.717) is 0 Å². The van der Waals surface area contributed by atoms with Gasteiger partial charge >= 0.3 is 126 Å². The Balaban J connectivity index is 2.20. The summed E-state index contributed by atoms with van der Waals surface area (Å²) in [7, 11) is 0. The van der Waals surface area contributed by atoms with E-state index in [-0.39, 0.29) is 4.93 Å². The fourth-order valence-electron chi connectivity index (χ4n) is 2.07. The first kappa shape index (κ1) is 14.4. The number of hydrogen-bond acceptors (Lipinski definition) is 2. The van der Waals surface area contributed by atoms with E-state index in [4.69, 9.17) is 4.74 Å². The van der Waals surface area contributed by atoms with Crippen molar-refractivity contribution in [2.24, 2.45) is 0 Å². The predicted molar refractivity (Wildman–Crippen MR) is 74.9 cm³/mol. The van der Waals surface area contributed by atoms with E-state index in [9.17, 15) is 0 Å². The van der Waals surface area contributed by atoms with Gasteiger partial charge in [-0.2, -0.15) is 0 Å². The van der Waals surface area contributed by atoms with E-state index in [1.165, 1.54) is 14.4 Å². The third-order valence-electron chi connectivity index (χ3n) is 3.17. The normalized spacial score (nSPS) is 26.8. The van der Waals surface area contributed by atoms with Crippen molar-refractivity contribution in [2.45, 2.75) is 38.0 Å². The third-order valence-corrected chi connectivity index (χ3v) is 5.73. The molecule has 1 nitrogen and oxygen atoms in total. The van der Waals surface area contributed by atoms with Gasteiger partial charge < -0.3 is 0 Å². The predicted octanol–water partition coefficient (Wildman–Crippen LogP) is 4.47. The molecular weight excluding hydrogens is 276 g/mol. The Bertz CT molecular complexity index is 434. The van der Waals surface area contributed by atoms with Gasteiger partial charge in [-0.1, -0.05) is 0 Å². The summed E-state index contributed by atoms with van der Waals surface area (Å²) in [5.74, 6) is 0. The molecule has 0 saturated carbocycles. The molecule has 95 valence electrons. The molecule has 0 N–H and O–H groups in total. The fraction of sp³-hybridized carbons (Fsp3) is 0.467. The molecule has 1 atom stereocenters. The van der Waals surface area contributed by atoms with Crippen LogP contribution < -0.4 is 0 Å². The molecular formula is C15H19OSTi. The summed E-state index contributed by atoms with van der Waals surface area (Å²) in [5, 5.41) is 0. The zero-order valence-corrected chi connectivity index (χ0v) is 13.4. The van der Waals surface area contributed by atoms with Crippen molar-refractivity contribution in [3.05, 3.63) is 44.7 Å². The number of hydrogen-bond donors (Lipinski definition) is 0. The number of rotatable bonds is 5. The maximum atomic E-state index is 6.22. The molecule has 0 aromatic heterocycles. The Kier molecular flexibility index (Phi) is 5.14. The molecule has 18 heavy (non-hydrogen) atoms. The molecule has 0 aliphatic heterocycles. The molecule has 3 heteroatoms. The van der Waals surface area contributed by atoms with Gasteiger partial charge in [-0.3, -0.25) is 0 Å². The van der Waals surface area contributed by atoms with Gasteiger partial charge in [-0.05, 0) is 0 Å². The number of ether oxygens (including phenoxy) is 1. The summed E-state index contributed by atoms with van der Waals surface area (Å²) in [6, 6.07) is 0. The van der Waals surface area contributed by atoms with E-state index in [1.807, 2.05) is 11.8 Å². The number of thioether (sulfide) groups is 1. The summed E-state index contributed by atoms with van der Waals surface area (Å²) in [6.45, 7) is 5.17. The minimum absolute atomic E-state index is 0.184. The van der Waals surface area contributed by atoms with Crippen molar-refractivity contribution in [1.29, 1.82) is 0 Å². The van der Waals surface area contributed by atoms with Gasteiger partial charge in [0.25, 0.3) is 0 Å². The molecule has 0 spiro atoms. The zero-order chi connectivity index (χ0) is 13.0. The van der Waals surface area contributed by atoms with Crippen molar-refractivity contribution >= 4 is 11.8 Å². The van der Waals surface area contributed by atoms with Crippen LogP contribution in [0.2, 0.25) is 0 Å². The topological polar surface area (TPSA) is 9.23 Å². The first-order valence-electron chi connectivity index (χ1n) is 6.46. The molecule has 0 amide bonds. The van der Waals surface area contributed by atoms with Gasteiger partial charge in [0.05, 0.1) is 0 Å². The Morgan fingerprint density at radius 3 is 2.89 bits per heavy atom. The van der Waals surface area contributed by atoms with Crippen LogP contribution in [0, 0.1) is 0 Å². The van der Waals surface area contributed by atoms with Crippen LogP contribution in [-0.4, -0.2) is 11.5 Å². The zero-order valence-electron chi connectivity index (χ0n) is 11.0. The summed E-state index contributed by atoms with van der Waals surface area (Å²) in [6.07, 6.45) is 14.1. The second-order valence-electron chi connectivity index (χ2n) is 4.63. The molecule has 0 radical (unpaired) electrons. The molecule has 0 fully saturated rings. The molecule has 2 aliphatic rings. The fourth-order valence-corrected chi connectivity index (χ4v) is 3.90. The molecule has 2 aliphatic carbocycles. The second-order valence-corrected chi connectivity index (χ2v) is 6.88. The van der Waals surface area contributed by atoms with Gasteiger partial charge in [0.2, 0.25) is 0 Å². The average Bonchev–Trinajstić information content (AvgIpc) is 2.76. The molecule has 0 aromatic carbocycles. The average molecular weight is 295 g/mol. The molecule has 0 heterocycles. The van der Waals surface area contributed by atoms with E-state index in [2.05, 4.69) is 64.7 Å². The summed E-state index contributed by atoms with van der Waals surface area (Å²) in [4.78, 5) is 1.20. The standard InChI is InChI=1S/C15H19OS.Ti/c1-3-12-16-15(11-7-6-8-13(15)2)17-14-9-4-5-10-14;/h4,6-9H,3,5,11-12H2,1-2H3;. The van der Waals surface area contributed by atoms with Crippen molar-refractivity contribution in [3.8, 4) is 0 Å². The maximum absolute atomic E-state index is 6.22. The number of allylic oxidation sites excluding steroid dienone is 5. The molecule has 0 aromatic rings. The molecule has 1 unspecified atom stereocenters. The van der Waals surface area contributed by atoms with Gasteiger partial charge in [-0.25, -0.2) is 0 Å². The van der Waals surface area contributed by atoms with E-state index in [1.54, 1.807) is 0 Å². The summed E-state index contributed by atoms with van der Waals surface area (Å²) >= 11 is 4.10. The summed E-state index contributed by atoms with van der Waals surface area (Å²) < 4.78 is 7.68. The van der Waals surface area contributed by atoms with Gasteiger partial charge in [0.1, 0.15) is 0 Å². The van der Waals surface area contributed by atoms with Crippen LogP contribution in [0.4, 0.5) is 0 Å². The third kappa shape index (κ3) is 3.11. The summed E-state index contributed by atoms with van der Waals surface area (Å²) in [5.41, 5.74) is 1.32. The van der Waals surface area contributed by atoms with Gasteiger partial charge in [-0.15, -0.1) is 0 Å². The van der Waals surface area contributed by atoms with Crippen LogP contribution in [0.15, 0.2) is 44.7 Å². The first-order valence-corrected chi connectivity index (χ1v) is 8.06. The van der Waals surface area contributed by atoms with E-state index >= 15 is 0 Å². The Morgan fingerprint density at radius 1 is 1.44 bits per heavy atom. The Morgan fingerprint density at radius 2 is 2.28 bits per heavy atom. The van der Waals surface area contributed by atoms with Crippen molar-refractivity contribution in [3.63, 3.8) is 0 Å². The van der Waals surface area contributed by atoms with Crippen molar-refractivity contribution < 1.29 is 25.2 Å². The quantitative estimate of drug-likeness (QED) is 0.547. The van der Waals surface area contributed by atoms with Crippen LogP contribution in [-0.2, 0) is 25.2 Å². The molecule has 0 saturated heterocycles. The Labute approximate surface area is 126 Å². The first-order chi connectivity index (χ1) is 8.68. The monoisotopic (exact) mass is 295 g/mol. The Hall–Kier alpha value is -0.0157. The van der Waals surface area contributed by atoms with Crippen molar-refractivity contribution in [2.75, 3.05) is 6.61 Å². The molecule has 2 rings (SSSR count). The van der Waals surface area contributed by atoms with Crippen LogP contribution >= 0.6 is 11.8 Å². The van der Waals surface area contributed by atoms with Gasteiger partial charge in [0.15, 0.2) is 0 Å². The van der Waals surface area contributed by atoms with Crippen LogP contribution in [0.3, 0.4) is 0 Å².